The average Bonchev–Trinajstić information content (AvgIpc) is 3.57. The maximum absolute atomic E-state index is 13.9. The maximum atomic E-state index is 13.9. The highest BCUT2D eigenvalue weighted by atomic mass is 35.5. The van der Waals surface area contributed by atoms with E-state index in [2.05, 4.69) is 5.32 Å². The van der Waals surface area contributed by atoms with Crippen molar-refractivity contribution in [3.63, 3.8) is 0 Å². The van der Waals surface area contributed by atoms with Gasteiger partial charge in [-0.1, -0.05) is 23.2 Å². The third kappa shape index (κ3) is 6.19. The Morgan fingerprint density at radius 1 is 1.02 bits per heavy atom. The third-order valence-corrected chi connectivity index (χ3v) is 11.6. The molecule has 3 amide bonds. The number of amides is 3. The summed E-state index contributed by atoms with van der Waals surface area (Å²) in [7, 11) is -2.87. The van der Waals surface area contributed by atoms with Crippen molar-refractivity contribution >= 4 is 62.3 Å². The molecule has 2 atom stereocenters. The van der Waals surface area contributed by atoms with Crippen LogP contribution in [0, 0.1) is 5.92 Å². The van der Waals surface area contributed by atoms with Crippen LogP contribution in [0.2, 0.25) is 10.0 Å². The quantitative estimate of drug-likeness (QED) is 0.459. The fraction of sp³-hybridized carbons (Fsp3) is 0.452. The predicted molar refractivity (Wildman–Crippen MR) is 165 cm³/mol. The summed E-state index contributed by atoms with van der Waals surface area (Å²) in [5.74, 6) is -1.35. The lowest BCUT2D eigenvalue weighted by molar-refractivity contribution is -0.150. The van der Waals surface area contributed by atoms with E-state index in [0.717, 1.165) is 17.7 Å². The molecular formula is C31H33Cl2N3O8S. The summed E-state index contributed by atoms with van der Waals surface area (Å²) in [5.41, 5.74) is 0.717. The Bertz CT molecular complexity index is 1660. The van der Waals surface area contributed by atoms with Crippen molar-refractivity contribution in [3.05, 3.63) is 57.6 Å². The van der Waals surface area contributed by atoms with Gasteiger partial charge in [0.1, 0.15) is 11.5 Å². The predicted octanol–water partition coefficient (Wildman–Crippen LogP) is 3.24. The van der Waals surface area contributed by atoms with E-state index in [-0.39, 0.29) is 46.0 Å². The van der Waals surface area contributed by atoms with Crippen molar-refractivity contribution in [1.82, 2.24) is 15.1 Å². The molecule has 4 fully saturated rings. The van der Waals surface area contributed by atoms with Crippen LogP contribution in [0.25, 0.3) is 0 Å². The highest BCUT2D eigenvalue weighted by Gasteiger charge is 2.70. The molecule has 0 radical (unpaired) electrons. The van der Waals surface area contributed by atoms with Gasteiger partial charge in [-0.2, -0.15) is 0 Å². The average molecular weight is 679 g/mol. The van der Waals surface area contributed by atoms with Gasteiger partial charge in [0.05, 0.1) is 29.0 Å². The molecule has 2 aromatic rings. The molecule has 11 nitrogen and oxygen atoms in total. The summed E-state index contributed by atoms with van der Waals surface area (Å²) in [5, 5.41) is 3.20. The number of sulfone groups is 1. The normalized spacial score (nSPS) is 23.0. The van der Waals surface area contributed by atoms with Gasteiger partial charge in [-0.15, -0.1) is 0 Å². The van der Waals surface area contributed by atoms with Gasteiger partial charge in [0, 0.05) is 56.4 Å². The summed E-state index contributed by atoms with van der Waals surface area (Å²) in [6.07, 6.45) is 2.78. The number of fused-ring (bicyclic) bond motifs is 1. The molecule has 4 heterocycles. The smallest absolute Gasteiger partial charge is 0.255 e. The molecule has 0 saturated carbocycles. The van der Waals surface area contributed by atoms with E-state index < -0.39 is 38.7 Å². The molecule has 4 aliphatic heterocycles. The molecule has 0 bridgehead atoms. The Morgan fingerprint density at radius 2 is 1.76 bits per heavy atom. The number of β-lactam (4-membered cyclic amide) rings is 1. The van der Waals surface area contributed by atoms with Crippen molar-refractivity contribution in [2.24, 2.45) is 5.92 Å². The number of ether oxygens (including phenoxy) is 1. The van der Waals surface area contributed by atoms with Gasteiger partial charge >= 0.3 is 0 Å². The number of hydrogen-bond donors (Lipinski definition) is 1. The van der Waals surface area contributed by atoms with Crippen molar-refractivity contribution in [2.75, 3.05) is 33.3 Å². The second-order valence-electron chi connectivity index (χ2n) is 11.5. The topological polar surface area (TPSA) is 147 Å². The van der Waals surface area contributed by atoms with E-state index in [0.29, 0.717) is 55.2 Å². The molecule has 4 saturated heterocycles. The van der Waals surface area contributed by atoms with Crippen LogP contribution in [-0.4, -0.2) is 85.7 Å². The molecular weight excluding hydrogens is 645 g/mol. The molecule has 2 unspecified atom stereocenters. The minimum atomic E-state index is -4.36. The Labute approximate surface area is 271 Å². The highest BCUT2D eigenvalue weighted by molar-refractivity contribution is 7.93. The maximum Gasteiger partial charge on any atom is 0.255 e. The van der Waals surface area contributed by atoms with Crippen LogP contribution in [0.3, 0.4) is 0 Å². The number of benzene rings is 2. The minimum absolute atomic E-state index is 0.000787. The molecule has 0 aliphatic carbocycles. The number of carbonyl (C=O) groups excluding carboxylic acids is 5. The van der Waals surface area contributed by atoms with Crippen LogP contribution in [-0.2, 0) is 35.4 Å². The fourth-order valence-corrected chi connectivity index (χ4v) is 8.74. The van der Waals surface area contributed by atoms with E-state index in [4.69, 9.17) is 27.9 Å². The summed E-state index contributed by atoms with van der Waals surface area (Å²) < 4.78 is 33.2. The SMILES string of the molecule is COc1ccc(Cl)cc1CC1CN2C(=O)CC2(S(=O)(=O)c2ccc(Cl)c(C(=O)N3CCCC3)c2)C1=O.O=C1CCNC(=O)CC1. The van der Waals surface area contributed by atoms with Crippen molar-refractivity contribution < 1.29 is 37.1 Å². The van der Waals surface area contributed by atoms with Crippen molar-refractivity contribution in [2.45, 2.75) is 54.7 Å². The van der Waals surface area contributed by atoms with Gasteiger partial charge in [0.2, 0.25) is 26.5 Å². The number of carbonyl (C=O) groups is 5. The number of hydrogen-bond acceptors (Lipinski definition) is 8. The lowest BCUT2D eigenvalue weighted by atomic mass is 9.92. The molecule has 240 valence electrons. The lowest BCUT2D eigenvalue weighted by Gasteiger charge is -2.44. The zero-order valence-corrected chi connectivity index (χ0v) is 27.0. The minimum Gasteiger partial charge on any atom is -0.496 e. The Balaban J connectivity index is 0.000000383. The number of likely N-dealkylation sites (tertiary alicyclic amines) is 1. The van der Waals surface area contributed by atoms with Crippen LogP contribution < -0.4 is 10.1 Å². The molecule has 4 aliphatic rings. The fourth-order valence-electron chi connectivity index (χ4n) is 6.23. The van der Waals surface area contributed by atoms with Crippen LogP contribution in [0.1, 0.15) is 54.4 Å². The van der Waals surface area contributed by atoms with E-state index in [1.165, 1.54) is 25.3 Å². The number of halogens is 2. The van der Waals surface area contributed by atoms with Crippen molar-refractivity contribution in [3.8, 4) is 5.75 Å². The molecule has 45 heavy (non-hydrogen) atoms. The van der Waals surface area contributed by atoms with Crippen LogP contribution in [0.5, 0.6) is 5.75 Å². The monoisotopic (exact) mass is 677 g/mol. The van der Waals surface area contributed by atoms with E-state index in [1.807, 2.05) is 0 Å². The zero-order valence-electron chi connectivity index (χ0n) is 24.6. The number of rotatable bonds is 6. The molecule has 0 aromatic heterocycles. The zero-order chi connectivity index (χ0) is 32.5. The Kier molecular flexibility index (Phi) is 9.57. The van der Waals surface area contributed by atoms with E-state index in [9.17, 15) is 32.4 Å². The van der Waals surface area contributed by atoms with Crippen LogP contribution in [0.4, 0.5) is 0 Å². The largest absolute Gasteiger partial charge is 0.496 e. The van der Waals surface area contributed by atoms with Crippen LogP contribution in [0.15, 0.2) is 41.3 Å². The second kappa shape index (κ2) is 13.1. The highest BCUT2D eigenvalue weighted by Crippen LogP contribution is 2.49. The second-order valence-corrected chi connectivity index (χ2v) is 14.5. The number of nitrogens with zero attached hydrogens (tertiary/aromatic N) is 2. The Hall–Kier alpha value is -3.48. The first-order chi connectivity index (χ1) is 21.4. The number of nitrogens with one attached hydrogen (secondary N) is 1. The van der Waals surface area contributed by atoms with E-state index in [1.54, 1.807) is 23.1 Å². The Morgan fingerprint density at radius 3 is 2.44 bits per heavy atom. The standard InChI is InChI=1S/C25H24Cl2N2O6S.C6H9NO2/c1-35-21-7-4-17(26)11-15(21)10-16-14-29-22(30)13-25(29,23(16)31)36(33,34)18-5-6-20(27)19(12-18)24(32)28-8-2-3-9-28;8-5-1-2-6(9)7-4-3-5/h4-7,11-12,16H,2-3,8-10,13-14H2,1H3;1-4H2,(H,7,9). The summed E-state index contributed by atoms with van der Waals surface area (Å²) in [6.45, 7) is 1.65. The first-order valence-electron chi connectivity index (χ1n) is 14.7. The van der Waals surface area contributed by atoms with Gasteiger partial charge in [-0.05, 0) is 61.2 Å². The summed E-state index contributed by atoms with van der Waals surface area (Å²) in [4.78, 5) is 60.9. The number of ketones is 2. The van der Waals surface area contributed by atoms with E-state index >= 15 is 0 Å². The molecule has 0 spiro atoms. The summed E-state index contributed by atoms with van der Waals surface area (Å²) in [6, 6.07) is 8.87. The molecule has 2 aromatic carbocycles. The first kappa shape index (κ1) is 32.9. The third-order valence-electron chi connectivity index (χ3n) is 8.67. The van der Waals surface area contributed by atoms with Gasteiger partial charge in [-0.3, -0.25) is 24.0 Å². The van der Waals surface area contributed by atoms with Gasteiger partial charge < -0.3 is 19.9 Å². The summed E-state index contributed by atoms with van der Waals surface area (Å²) >= 11 is 12.4. The molecule has 6 rings (SSSR count). The number of Topliss-reactive ketones (excluding diaryl/α,β-unsaturated/α-hetero) is 2. The van der Waals surface area contributed by atoms with Gasteiger partial charge in [0.25, 0.3) is 5.91 Å². The van der Waals surface area contributed by atoms with Gasteiger partial charge in [0.15, 0.2) is 5.78 Å². The molecule has 14 heteroatoms. The number of methoxy groups -OCH3 is 1. The van der Waals surface area contributed by atoms with Gasteiger partial charge in [-0.25, -0.2) is 8.42 Å². The molecule has 1 N–H and O–H groups in total. The van der Waals surface area contributed by atoms with Crippen LogP contribution >= 0.6 is 23.2 Å². The lowest BCUT2D eigenvalue weighted by Crippen LogP contribution is -2.67. The first-order valence-corrected chi connectivity index (χ1v) is 16.9. The van der Waals surface area contributed by atoms with Crippen molar-refractivity contribution in [1.29, 1.82) is 0 Å².